The van der Waals surface area contributed by atoms with Crippen molar-refractivity contribution in [3.8, 4) is 5.75 Å². The summed E-state index contributed by atoms with van der Waals surface area (Å²) in [6, 6.07) is 14.5. The Kier molecular flexibility index (Phi) is 5.88. The van der Waals surface area contributed by atoms with Crippen LogP contribution in [0.5, 0.6) is 5.75 Å². The highest BCUT2D eigenvalue weighted by Crippen LogP contribution is 2.19. The molecule has 90 valence electrons. The van der Waals surface area contributed by atoms with Crippen molar-refractivity contribution in [2.45, 2.75) is 13.3 Å². The van der Waals surface area contributed by atoms with Crippen molar-refractivity contribution in [1.29, 1.82) is 0 Å². The standard InChI is InChI=1S/C8H10O.C6H4Cl2/c1-2-7-3-5-8(9)6-4-7;7-5-3-1-2-4-6(5)8/h3-6,9H,2H2,1H3;1-4H. The van der Waals surface area contributed by atoms with Gasteiger partial charge in [0, 0.05) is 0 Å². The largest absolute Gasteiger partial charge is 0.508 e. The zero-order valence-corrected chi connectivity index (χ0v) is 11.0. The summed E-state index contributed by atoms with van der Waals surface area (Å²) in [7, 11) is 0. The Morgan fingerprint density at radius 1 is 0.882 bits per heavy atom. The highest BCUT2D eigenvalue weighted by atomic mass is 35.5. The SMILES string of the molecule is CCc1ccc(O)cc1.Clc1ccccc1Cl. The Labute approximate surface area is 112 Å². The lowest BCUT2D eigenvalue weighted by atomic mass is 10.2. The van der Waals surface area contributed by atoms with Crippen LogP contribution in [-0.2, 0) is 6.42 Å². The van der Waals surface area contributed by atoms with Gasteiger partial charge in [0.25, 0.3) is 0 Å². The van der Waals surface area contributed by atoms with E-state index < -0.39 is 0 Å². The van der Waals surface area contributed by atoms with Crippen LogP contribution in [0.15, 0.2) is 48.5 Å². The number of rotatable bonds is 1. The molecule has 1 nitrogen and oxygen atoms in total. The maximum Gasteiger partial charge on any atom is 0.115 e. The van der Waals surface area contributed by atoms with Gasteiger partial charge in [-0.25, -0.2) is 0 Å². The lowest BCUT2D eigenvalue weighted by Gasteiger charge is -1.93. The summed E-state index contributed by atoms with van der Waals surface area (Å²) < 4.78 is 0. The monoisotopic (exact) mass is 268 g/mol. The van der Waals surface area contributed by atoms with E-state index in [-0.39, 0.29) is 0 Å². The molecule has 2 aromatic carbocycles. The molecule has 2 rings (SSSR count). The molecule has 0 aliphatic heterocycles. The summed E-state index contributed by atoms with van der Waals surface area (Å²) in [5.74, 6) is 0.340. The van der Waals surface area contributed by atoms with E-state index in [1.54, 1.807) is 24.3 Å². The second kappa shape index (κ2) is 7.21. The molecule has 0 atom stereocenters. The fraction of sp³-hybridized carbons (Fsp3) is 0.143. The average Bonchev–Trinajstić information content (AvgIpc) is 2.35. The molecule has 0 saturated heterocycles. The van der Waals surface area contributed by atoms with E-state index in [1.165, 1.54) is 5.56 Å². The van der Waals surface area contributed by atoms with E-state index in [1.807, 2.05) is 24.3 Å². The molecule has 0 aliphatic rings. The summed E-state index contributed by atoms with van der Waals surface area (Å²) >= 11 is 11.2. The van der Waals surface area contributed by atoms with Crippen LogP contribution in [0.25, 0.3) is 0 Å². The first-order valence-corrected chi connectivity index (χ1v) is 6.07. The van der Waals surface area contributed by atoms with Crippen LogP contribution in [0, 0.1) is 0 Å². The Bertz CT molecular complexity index is 431. The van der Waals surface area contributed by atoms with Gasteiger partial charge in [-0.1, -0.05) is 54.4 Å². The Morgan fingerprint density at radius 3 is 1.71 bits per heavy atom. The number of aryl methyl sites for hydroxylation is 1. The molecule has 0 fully saturated rings. The van der Waals surface area contributed by atoms with Crippen molar-refractivity contribution in [2.75, 3.05) is 0 Å². The average molecular weight is 269 g/mol. The van der Waals surface area contributed by atoms with Crippen molar-refractivity contribution >= 4 is 23.2 Å². The number of hydrogen-bond donors (Lipinski definition) is 1. The van der Waals surface area contributed by atoms with Crippen molar-refractivity contribution in [1.82, 2.24) is 0 Å². The number of halogens is 2. The second-order valence-electron chi connectivity index (χ2n) is 3.43. The minimum absolute atomic E-state index is 0.340. The molecule has 0 unspecified atom stereocenters. The van der Waals surface area contributed by atoms with E-state index >= 15 is 0 Å². The van der Waals surface area contributed by atoms with Gasteiger partial charge in [-0.15, -0.1) is 0 Å². The molecule has 0 bridgehead atoms. The molecule has 0 aliphatic carbocycles. The first-order chi connectivity index (χ1) is 8.13. The van der Waals surface area contributed by atoms with Gasteiger partial charge in [0.15, 0.2) is 0 Å². The molecule has 0 aromatic heterocycles. The molecular weight excluding hydrogens is 255 g/mol. The van der Waals surface area contributed by atoms with Gasteiger partial charge in [0.1, 0.15) is 5.75 Å². The zero-order valence-electron chi connectivity index (χ0n) is 9.53. The zero-order chi connectivity index (χ0) is 12.7. The van der Waals surface area contributed by atoms with Crippen molar-refractivity contribution in [2.24, 2.45) is 0 Å². The number of phenolic OH excluding ortho intramolecular Hbond substituents is 1. The molecule has 0 heterocycles. The second-order valence-corrected chi connectivity index (χ2v) is 4.25. The minimum Gasteiger partial charge on any atom is -0.508 e. The highest BCUT2D eigenvalue weighted by molar-refractivity contribution is 6.41. The molecule has 0 amide bonds. The van der Waals surface area contributed by atoms with Crippen molar-refractivity contribution in [3.63, 3.8) is 0 Å². The third-order valence-corrected chi connectivity index (χ3v) is 2.92. The molecular formula is C14H14Cl2O. The summed E-state index contributed by atoms with van der Waals surface area (Å²) in [4.78, 5) is 0. The lowest BCUT2D eigenvalue weighted by molar-refractivity contribution is 0.475. The van der Waals surface area contributed by atoms with Crippen molar-refractivity contribution < 1.29 is 5.11 Å². The first kappa shape index (κ1) is 13.9. The summed E-state index contributed by atoms with van der Waals surface area (Å²) in [6.07, 6.45) is 1.03. The third kappa shape index (κ3) is 5.12. The fourth-order valence-corrected chi connectivity index (χ4v) is 1.44. The van der Waals surface area contributed by atoms with Gasteiger partial charge >= 0.3 is 0 Å². The predicted molar refractivity (Wildman–Crippen MR) is 73.9 cm³/mol. The van der Waals surface area contributed by atoms with Crippen molar-refractivity contribution in [3.05, 3.63) is 64.1 Å². The normalized spacial score (nSPS) is 9.35. The molecule has 2 aromatic rings. The van der Waals surface area contributed by atoms with Crippen LogP contribution in [0.4, 0.5) is 0 Å². The maximum atomic E-state index is 8.85. The van der Waals surface area contributed by atoms with E-state index in [0.717, 1.165) is 6.42 Å². The number of hydrogen-bond acceptors (Lipinski definition) is 1. The summed E-state index contributed by atoms with van der Waals surface area (Å²) in [5.41, 5.74) is 1.26. The summed E-state index contributed by atoms with van der Waals surface area (Å²) in [6.45, 7) is 2.09. The van der Waals surface area contributed by atoms with E-state index in [9.17, 15) is 0 Å². The van der Waals surface area contributed by atoms with Gasteiger partial charge in [-0.05, 0) is 36.2 Å². The van der Waals surface area contributed by atoms with Gasteiger partial charge in [-0.3, -0.25) is 0 Å². The first-order valence-electron chi connectivity index (χ1n) is 5.31. The summed E-state index contributed by atoms with van der Waals surface area (Å²) in [5, 5.41) is 10.1. The molecule has 3 heteroatoms. The predicted octanol–water partition coefficient (Wildman–Crippen LogP) is 4.95. The van der Waals surface area contributed by atoms with Crippen LogP contribution >= 0.6 is 23.2 Å². The molecule has 17 heavy (non-hydrogen) atoms. The molecule has 0 saturated carbocycles. The smallest absolute Gasteiger partial charge is 0.115 e. The topological polar surface area (TPSA) is 20.2 Å². The maximum absolute atomic E-state index is 8.85. The number of benzene rings is 2. The third-order valence-electron chi connectivity index (χ3n) is 2.17. The van der Waals surface area contributed by atoms with Crippen LogP contribution < -0.4 is 0 Å². The van der Waals surface area contributed by atoms with Gasteiger partial charge in [0.2, 0.25) is 0 Å². The fourth-order valence-electron chi connectivity index (χ4n) is 1.17. The highest BCUT2D eigenvalue weighted by Gasteiger charge is 1.89. The minimum atomic E-state index is 0.340. The van der Waals surface area contributed by atoms with Crippen LogP contribution in [-0.4, -0.2) is 5.11 Å². The van der Waals surface area contributed by atoms with E-state index in [2.05, 4.69) is 6.92 Å². The molecule has 0 radical (unpaired) electrons. The van der Waals surface area contributed by atoms with Gasteiger partial charge in [-0.2, -0.15) is 0 Å². The van der Waals surface area contributed by atoms with E-state index in [0.29, 0.717) is 15.8 Å². The molecule has 1 N–H and O–H groups in total. The quantitative estimate of drug-likeness (QED) is 0.776. The Balaban J connectivity index is 0.000000171. The van der Waals surface area contributed by atoms with Gasteiger partial charge < -0.3 is 5.11 Å². The Morgan fingerprint density at radius 2 is 1.35 bits per heavy atom. The van der Waals surface area contributed by atoms with Gasteiger partial charge in [0.05, 0.1) is 10.0 Å². The lowest BCUT2D eigenvalue weighted by Crippen LogP contribution is -1.75. The molecule has 0 spiro atoms. The number of phenols is 1. The van der Waals surface area contributed by atoms with Crippen LogP contribution in [0.1, 0.15) is 12.5 Å². The number of aromatic hydroxyl groups is 1. The van der Waals surface area contributed by atoms with E-state index in [4.69, 9.17) is 28.3 Å². The van der Waals surface area contributed by atoms with Crippen LogP contribution in [0.2, 0.25) is 10.0 Å². The Hall–Kier alpha value is -1.18. The van der Waals surface area contributed by atoms with Crippen LogP contribution in [0.3, 0.4) is 0 Å².